The average molecular weight is 498 g/mol. The number of nitrogen functional groups attached to an aromatic ring is 1. The number of hydrazine groups is 1. The summed E-state index contributed by atoms with van der Waals surface area (Å²) in [6.07, 6.45) is 11.3. The number of Topliss-reactive ketones (excluding diaryl/α,β-unsaturated/α-hetero) is 1. The van der Waals surface area contributed by atoms with Crippen LogP contribution in [0.3, 0.4) is 0 Å². The number of ketones is 1. The third kappa shape index (κ3) is 4.03. The number of carbonyl (C=O) groups is 1. The summed E-state index contributed by atoms with van der Waals surface area (Å²) in [7, 11) is 3.49. The van der Waals surface area contributed by atoms with Gasteiger partial charge in [-0.2, -0.15) is 0 Å². The standard InChI is InChI=1S/C30H47N3O3/c1-19-12-15-30(18-35-3)20(16-19)8-9-21-22-10-11-24(29(22,2)14-13-23(21)30)26(34)17-33(32)25-6-5-7-27(36-4)28(25)31/h5-7,19-24H,8-18,31-32H2,1-4H3. The third-order valence-corrected chi connectivity index (χ3v) is 11.3. The number of hydrogen-bond acceptors (Lipinski definition) is 6. The van der Waals surface area contributed by atoms with E-state index in [1.165, 1.54) is 50.0 Å². The van der Waals surface area contributed by atoms with Crippen LogP contribution in [0.15, 0.2) is 18.2 Å². The molecule has 0 amide bonds. The van der Waals surface area contributed by atoms with Gasteiger partial charge in [0.05, 0.1) is 31.6 Å². The molecule has 8 atom stereocenters. The zero-order chi connectivity index (χ0) is 25.7. The molecule has 1 aromatic carbocycles. The van der Waals surface area contributed by atoms with E-state index in [-0.39, 0.29) is 23.7 Å². The van der Waals surface area contributed by atoms with Crippen molar-refractivity contribution in [3.63, 3.8) is 0 Å². The Kier molecular flexibility index (Phi) is 7.05. The van der Waals surface area contributed by atoms with Gasteiger partial charge in [-0.25, -0.2) is 5.84 Å². The summed E-state index contributed by atoms with van der Waals surface area (Å²) in [5, 5.41) is 1.52. The minimum Gasteiger partial charge on any atom is -0.495 e. The molecule has 8 unspecified atom stereocenters. The predicted octanol–water partition coefficient (Wildman–Crippen LogP) is 5.45. The number of nitrogens with zero attached hydrogens (tertiary/aromatic N) is 1. The number of methoxy groups -OCH3 is 2. The van der Waals surface area contributed by atoms with E-state index in [4.69, 9.17) is 21.1 Å². The molecule has 4 fully saturated rings. The van der Waals surface area contributed by atoms with Crippen LogP contribution in [0.2, 0.25) is 0 Å². The number of nitrogens with two attached hydrogens (primary N) is 2. The normalized spacial score (nSPS) is 39.6. The van der Waals surface area contributed by atoms with Crippen LogP contribution in [0.25, 0.3) is 0 Å². The van der Waals surface area contributed by atoms with Crippen LogP contribution in [0.5, 0.6) is 5.75 Å². The lowest BCUT2D eigenvalue weighted by molar-refractivity contribution is -0.154. The molecular formula is C30H47N3O3. The number of ether oxygens (including phenoxy) is 2. The molecule has 4 aliphatic rings. The van der Waals surface area contributed by atoms with Crippen LogP contribution >= 0.6 is 0 Å². The van der Waals surface area contributed by atoms with Gasteiger partial charge in [-0.3, -0.25) is 4.79 Å². The summed E-state index contributed by atoms with van der Waals surface area (Å²) in [6.45, 7) is 5.96. The molecule has 0 heterocycles. The van der Waals surface area contributed by atoms with Gasteiger partial charge < -0.3 is 20.2 Å². The van der Waals surface area contributed by atoms with E-state index in [2.05, 4.69) is 13.8 Å². The highest BCUT2D eigenvalue weighted by molar-refractivity contribution is 5.88. The molecule has 5 rings (SSSR count). The first-order valence-electron chi connectivity index (χ1n) is 14.2. The van der Waals surface area contributed by atoms with Crippen LogP contribution in [-0.2, 0) is 9.53 Å². The van der Waals surface area contributed by atoms with Gasteiger partial charge >= 0.3 is 0 Å². The second kappa shape index (κ2) is 9.83. The van der Waals surface area contributed by atoms with E-state index >= 15 is 0 Å². The minimum absolute atomic E-state index is 0.0715. The first-order chi connectivity index (χ1) is 17.2. The number of carbonyl (C=O) groups excluding carboxylic acids is 1. The van der Waals surface area contributed by atoms with Crippen LogP contribution in [0.1, 0.15) is 71.6 Å². The fourth-order valence-corrected chi connectivity index (χ4v) is 9.67. The van der Waals surface area contributed by atoms with Crippen LogP contribution < -0.4 is 21.3 Å². The average Bonchev–Trinajstić information content (AvgIpc) is 3.22. The molecule has 4 saturated carbocycles. The smallest absolute Gasteiger partial charge is 0.157 e. The Balaban J connectivity index is 1.33. The fraction of sp³-hybridized carbons (Fsp3) is 0.767. The van der Waals surface area contributed by atoms with Crippen molar-refractivity contribution in [2.75, 3.05) is 38.1 Å². The number of rotatable bonds is 7. The third-order valence-electron chi connectivity index (χ3n) is 11.3. The molecule has 4 N–H and O–H groups in total. The minimum atomic E-state index is 0.0715. The first-order valence-corrected chi connectivity index (χ1v) is 14.2. The largest absolute Gasteiger partial charge is 0.495 e. The van der Waals surface area contributed by atoms with E-state index in [1.54, 1.807) is 7.11 Å². The van der Waals surface area contributed by atoms with Crippen molar-refractivity contribution in [1.82, 2.24) is 0 Å². The Morgan fingerprint density at radius 3 is 2.64 bits per heavy atom. The Hall–Kier alpha value is -1.79. The maximum absolute atomic E-state index is 13.7. The monoisotopic (exact) mass is 497 g/mol. The Labute approximate surface area is 217 Å². The highest BCUT2D eigenvalue weighted by Crippen LogP contribution is 2.68. The Morgan fingerprint density at radius 1 is 1.08 bits per heavy atom. The van der Waals surface area contributed by atoms with E-state index in [9.17, 15) is 4.79 Å². The molecule has 1 aromatic rings. The zero-order valence-electron chi connectivity index (χ0n) is 22.8. The van der Waals surface area contributed by atoms with Crippen molar-refractivity contribution >= 4 is 17.2 Å². The molecular weight excluding hydrogens is 450 g/mol. The van der Waals surface area contributed by atoms with Gasteiger partial charge in [-0.05, 0) is 104 Å². The summed E-state index contributed by atoms with van der Waals surface area (Å²) >= 11 is 0. The molecule has 36 heavy (non-hydrogen) atoms. The molecule has 200 valence electrons. The number of anilines is 2. The first kappa shape index (κ1) is 25.8. The lowest BCUT2D eigenvalue weighted by Crippen LogP contribution is -2.56. The molecule has 0 saturated heterocycles. The molecule has 0 spiro atoms. The van der Waals surface area contributed by atoms with Crippen molar-refractivity contribution in [3.8, 4) is 5.75 Å². The molecule has 0 aromatic heterocycles. The van der Waals surface area contributed by atoms with Gasteiger partial charge in [-0.1, -0.05) is 26.3 Å². The molecule has 0 aliphatic heterocycles. The Morgan fingerprint density at radius 2 is 1.89 bits per heavy atom. The van der Waals surface area contributed by atoms with Gasteiger partial charge in [-0.15, -0.1) is 0 Å². The number of benzene rings is 1. The lowest BCUT2D eigenvalue weighted by atomic mass is 9.44. The van der Waals surface area contributed by atoms with Crippen molar-refractivity contribution in [2.45, 2.75) is 71.6 Å². The predicted molar refractivity (Wildman–Crippen MR) is 145 cm³/mol. The number of fused-ring (bicyclic) bond motifs is 5. The van der Waals surface area contributed by atoms with E-state index < -0.39 is 0 Å². The van der Waals surface area contributed by atoms with Crippen molar-refractivity contribution in [2.24, 2.45) is 52.2 Å². The molecule has 4 aliphatic carbocycles. The second-order valence-corrected chi connectivity index (χ2v) is 12.9. The summed E-state index contributed by atoms with van der Waals surface area (Å²) in [5.74, 6) is 11.1. The molecule has 0 bridgehead atoms. The Bertz CT molecular complexity index is 969. The highest BCUT2D eigenvalue weighted by atomic mass is 16.5. The maximum atomic E-state index is 13.7. The summed E-state index contributed by atoms with van der Waals surface area (Å²) < 4.78 is 11.3. The van der Waals surface area contributed by atoms with Crippen LogP contribution in [0.4, 0.5) is 11.4 Å². The number of hydrogen-bond donors (Lipinski definition) is 2. The maximum Gasteiger partial charge on any atom is 0.157 e. The fourth-order valence-electron chi connectivity index (χ4n) is 9.67. The molecule has 6 heteroatoms. The lowest BCUT2D eigenvalue weighted by Gasteiger charge is -2.62. The van der Waals surface area contributed by atoms with Crippen molar-refractivity contribution < 1.29 is 14.3 Å². The second-order valence-electron chi connectivity index (χ2n) is 12.9. The summed E-state index contributed by atoms with van der Waals surface area (Å²) in [5.41, 5.74) is 7.81. The van der Waals surface area contributed by atoms with Crippen LogP contribution in [-0.4, -0.2) is 33.2 Å². The molecule has 6 nitrogen and oxygen atoms in total. The van der Waals surface area contributed by atoms with E-state index in [0.717, 1.165) is 43.1 Å². The van der Waals surface area contributed by atoms with Crippen molar-refractivity contribution in [1.29, 1.82) is 0 Å². The summed E-state index contributed by atoms with van der Waals surface area (Å²) in [6, 6.07) is 5.53. The quantitative estimate of drug-likeness (QED) is 0.296. The van der Waals surface area contributed by atoms with Gasteiger partial charge in [0, 0.05) is 13.0 Å². The zero-order valence-corrected chi connectivity index (χ0v) is 22.8. The van der Waals surface area contributed by atoms with E-state index in [0.29, 0.717) is 28.5 Å². The SMILES string of the molecule is COCC12CCC(C)CC1CCC1C3CCC(C(=O)CN(N)c4cccc(OC)c4N)C3(C)CCC12. The topological polar surface area (TPSA) is 90.8 Å². The van der Waals surface area contributed by atoms with Crippen LogP contribution in [0, 0.1) is 46.3 Å². The summed E-state index contributed by atoms with van der Waals surface area (Å²) in [4.78, 5) is 13.7. The highest BCUT2D eigenvalue weighted by Gasteiger charge is 2.62. The van der Waals surface area contributed by atoms with Crippen molar-refractivity contribution in [3.05, 3.63) is 18.2 Å². The van der Waals surface area contributed by atoms with E-state index in [1.807, 2.05) is 25.3 Å². The van der Waals surface area contributed by atoms with Gasteiger partial charge in [0.15, 0.2) is 5.78 Å². The molecule has 0 radical (unpaired) electrons. The van der Waals surface area contributed by atoms with Gasteiger partial charge in [0.25, 0.3) is 0 Å². The van der Waals surface area contributed by atoms with Gasteiger partial charge in [0.1, 0.15) is 5.75 Å². The van der Waals surface area contributed by atoms with Gasteiger partial charge in [0.2, 0.25) is 0 Å². The number of para-hydroxylation sites is 1.